The molecule has 1 nitrogen and oxygen atoms in total. The number of allylic oxidation sites excluding steroid dienone is 3. The van der Waals surface area contributed by atoms with Gasteiger partial charge in [0, 0.05) is 5.92 Å². The van der Waals surface area contributed by atoms with Crippen LogP contribution in [0, 0.1) is 5.92 Å². The van der Waals surface area contributed by atoms with E-state index in [1.54, 1.807) is 6.92 Å². The lowest BCUT2D eigenvalue weighted by Gasteiger charge is -2.08. The van der Waals surface area contributed by atoms with E-state index in [1.807, 2.05) is 0 Å². The lowest BCUT2D eigenvalue weighted by atomic mass is 10.0. The number of carbonyl (C=O) groups is 1. The van der Waals surface area contributed by atoms with Crippen molar-refractivity contribution in [3.05, 3.63) is 24.3 Å². The second kappa shape index (κ2) is 4.98. The molecule has 0 rings (SSSR count). The van der Waals surface area contributed by atoms with Gasteiger partial charge in [-0.05, 0) is 13.3 Å². The normalized spacial score (nSPS) is 15.1. The molecule has 0 fully saturated rings. The van der Waals surface area contributed by atoms with Crippen molar-refractivity contribution in [1.29, 1.82) is 0 Å². The number of hydrogen-bond acceptors (Lipinski definition) is 1. The monoisotopic (exact) mass is 206 g/mol. The quantitative estimate of drug-likeness (QED) is 0.645. The summed E-state index contributed by atoms with van der Waals surface area (Å²) < 4.78 is 36.4. The van der Waals surface area contributed by atoms with Crippen LogP contribution in [0.4, 0.5) is 13.2 Å². The number of Topliss-reactive ketones (excluding diaryl/α,β-unsaturated/α-hetero) is 1. The van der Waals surface area contributed by atoms with Crippen LogP contribution < -0.4 is 0 Å². The van der Waals surface area contributed by atoms with Crippen LogP contribution in [0.5, 0.6) is 0 Å². The molecule has 0 radical (unpaired) electrons. The lowest BCUT2D eigenvalue weighted by Crippen LogP contribution is -2.11. The molecule has 0 aliphatic heterocycles. The van der Waals surface area contributed by atoms with Gasteiger partial charge in [-0.2, -0.15) is 13.2 Å². The van der Waals surface area contributed by atoms with Crippen molar-refractivity contribution in [3.8, 4) is 0 Å². The molecule has 1 atom stereocenters. The Kier molecular flexibility index (Phi) is 4.60. The number of carbonyl (C=O) groups excluding carboxylic acids is 1. The molecular formula is C10H13F3O. The van der Waals surface area contributed by atoms with Crippen molar-refractivity contribution < 1.29 is 18.0 Å². The van der Waals surface area contributed by atoms with Crippen LogP contribution in [0.25, 0.3) is 0 Å². The van der Waals surface area contributed by atoms with Crippen molar-refractivity contribution in [2.75, 3.05) is 0 Å². The first-order chi connectivity index (χ1) is 6.29. The molecule has 0 unspecified atom stereocenters. The Morgan fingerprint density at radius 1 is 1.50 bits per heavy atom. The smallest absolute Gasteiger partial charge is 0.300 e. The summed E-state index contributed by atoms with van der Waals surface area (Å²) in [5.41, 5.74) is -0.786. The molecule has 0 aromatic carbocycles. The fourth-order valence-corrected chi connectivity index (χ4v) is 0.784. The molecule has 0 aromatic rings. The topological polar surface area (TPSA) is 17.1 Å². The van der Waals surface area contributed by atoms with Gasteiger partial charge in [-0.1, -0.05) is 25.7 Å². The number of halogens is 3. The third kappa shape index (κ3) is 4.25. The molecule has 0 saturated carbocycles. The van der Waals surface area contributed by atoms with E-state index in [2.05, 4.69) is 6.58 Å². The molecule has 0 aliphatic carbocycles. The Hall–Kier alpha value is -1.06. The van der Waals surface area contributed by atoms with Crippen LogP contribution in [0.15, 0.2) is 24.3 Å². The van der Waals surface area contributed by atoms with Crippen LogP contribution in [0.1, 0.15) is 20.3 Å². The highest BCUT2D eigenvalue weighted by atomic mass is 19.4. The zero-order chi connectivity index (χ0) is 11.4. The maximum Gasteiger partial charge on any atom is 0.416 e. The average Bonchev–Trinajstić information content (AvgIpc) is 2.02. The third-order valence-electron chi connectivity index (χ3n) is 1.93. The van der Waals surface area contributed by atoms with Crippen molar-refractivity contribution in [3.63, 3.8) is 0 Å². The molecule has 0 amide bonds. The van der Waals surface area contributed by atoms with Gasteiger partial charge in [-0.15, -0.1) is 0 Å². The summed E-state index contributed by atoms with van der Waals surface area (Å²) in [5, 5.41) is 0. The summed E-state index contributed by atoms with van der Waals surface area (Å²) in [6.45, 7) is 6.03. The van der Waals surface area contributed by atoms with Gasteiger partial charge < -0.3 is 0 Å². The predicted molar refractivity (Wildman–Crippen MR) is 48.8 cm³/mol. The minimum atomic E-state index is -4.38. The van der Waals surface area contributed by atoms with Crippen molar-refractivity contribution >= 4 is 5.78 Å². The Morgan fingerprint density at radius 2 is 2.00 bits per heavy atom. The molecular weight excluding hydrogens is 193 g/mol. The van der Waals surface area contributed by atoms with E-state index in [0.29, 0.717) is 0 Å². The van der Waals surface area contributed by atoms with Crippen LogP contribution in [0.3, 0.4) is 0 Å². The van der Waals surface area contributed by atoms with E-state index in [9.17, 15) is 18.0 Å². The van der Waals surface area contributed by atoms with E-state index >= 15 is 0 Å². The Morgan fingerprint density at radius 3 is 2.29 bits per heavy atom. The molecule has 0 aliphatic rings. The van der Waals surface area contributed by atoms with Gasteiger partial charge in [0.15, 0.2) is 0 Å². The van der Waals surface area contributed by atoms with Crippen LogP contribution >= 0.6 is 0 Å². The van der Waals surface area contributed by atoms with Gasteiger partial charge in [0.05, 0.1) is 5.57 Å². The maximum atomic E-state index is 12.1. The van der Waals surface area contributed by atoms with Crippen LogP contribution in [-0.2, 0) is 4.79 Å². The molecule has 0 N–H and O–H groups in total. The predicted octanol–water partition coefficient (Wildman–Crippen LogP) is 3.28. The SMILES string of the molecule is C=CC(=CC[C@H](C)C(C)=O)C(F)(F)F. The van der Waals surface area contributed by atoms with Gasteiger partial charge in [0.1, 0.15) is 5.78 Å². The zero-order valence-corrected chi connectivity index (χ0v) is 8.19. The van der Waals surface area contributed by atoms with Gasteiger partial charge in [0.25, 0.3) is 0 Å². The summed E-state index contributed by atoms with van der Waals surface area (Å²) in [6.07, 6.45) is -2.53. The molecule has 0 heterocycles. The molecule has 0 spiro atoms. The Labute approximate surface area is 81.3 Å². The number of rotatable bonds is 4. The van der Waals surface area contributed by atoms with Crippen LogP contribution in [-0.4, -0.2) is 12.0 Å². The standard InChI is InChI=1S/C10H13F3O/c1-4-9(10(11,12)13)6-5-7(2)8(3)14/h4,6-7H,1,5H2,2-3H3/t7-/m0/s1. The first-order valence-corrected chi connectivity index (χ1v) is 4.19. The summed E-state index contributed by atoms with van der Waals surface area (Å²) in [5.74, 6) is -0.501. The van der Waals surface area contributed by atoms with Crippen molar-refractivity contribution in [2.24, 2.45) is 5.92 Å². The van der Waals surface area contributed by atoms with Gasteiger partial charge >= 0.3 is 6.18 Å². The first-order valence-electron chi connectivity index (χ1n) is 4.19. The fraction of sp³-hybridized carbons (Fsp3) is 0.500. The van der Waals surface area contributed by atoms with E-state index in [4.69, 9.17) is 0 Å². The minimum Gasteiger partial charge on any atom is -0.300 e. The Balaban J connectivity index is 4.49. The third-order valence-corrected chi connectivity index (χ3v) is 1.93. The number of hydrogen-bond donors (Lipinski definition) is 0. The summed E-state index contributed by atoms with van der Waals surface area (Å²) >= 11 is 0. The lowest BCUT2D eigenvalue weighted by molar-refractivity contribution is -0.120. The molecule has 0 aromatic heterocycles. The second-order valence-corrected chi connectivity index (χ2v) is 3.11. The summed E-state index contributed by atoms with van der Waals surface area (Å²) in [7, 11) is 0. The average molecular weight is 206 g/mol. The number of alkyl halides is 3. The van der Waals surface area contributed by atoms with E-state index in [-0.39, 0.29) is 18.1 Å². The van der Waals surface area contributed by atoms with Gasteiger partial charge in [-0.25, -0.2) is 0 Å². The highest BCUT2D eigenvalue weighted by molar-refractivity contribution is 5.78. The first kappa shape index (κ1) is 12.9. The Bertz CT molecular complexity index is 251. The van der Waals surface area contributed by atoms with Crippen LogP contribution in [0.2, 0.25) is 0 Å². The number of ketones is 1. The zero-order valence-electron chi connectivity index (χ0n) is 8.19. The molecule has 0 bridgehead atoms. The van der Waals surface area contributed by atoms with Crippen molar-refractivity contribution in [1.82, 2.24) is 0 Å². The molecule has 80 valence electrons. The molecule has 0 saturated heterocycles. The molecule has 4 heteroatoms. The van der Waals surface area contributed by atoms with Crippen molar-refractivity contribution in [2.45, 2.75) is 26.4 Å². The maximum absolute atomic E-state index is 12.1. The highest BCUT2D eigenvalue weighted by Crippen LogP contribution is 2.27. The largest absolute Gasteiger partial charge is 0.416 e. The highest BCUT2D eigenvalue weighted by Gasteiger charge is 2.31. The second-order valence-electron chi connectivity index (χ2n) is 3.11. The minimum absolute atomic E-state index is 0.0934. The molecule has 14 heavy (non-hydrogen) atoms. The van der Waals surface area contributed by atoms with E-state index in [0.717, 1.165) is 12.2 Å². The van der Waals surface area contributed by atoms with Gasteiger partial charge in [0.2, 0.25) is 0 Å². The fourth-order valence-electron chi connectivity index (χ4n) is 0.784. The summed E-state index contributed by atoms with van der Waals surface area (Å²) in [6, 6.07) is 0. The summed E-state index contributed by atoms with van der Waals surface area (Å²) in [4.78, 5) is 10.8. The van der Waals surface area contributed by atoms with E-state index < -0.39 is 11.7 Å². The van der Waals surface area contributed by atoms with E-state index in [1.165, 1.54) is 6.92 Å². The van der Waals surface area contributed by atoms with Gasteiger partial charge in [-0.3, -0.25) is 4.79 Å².